The lowest BCUT2D eigenvalue weighted by Crippen LogP contribution is -2.04. The minimum absolute atomic E-state index is 0.902. The summed E-state index contributed by atoms with van der Waals surface area (Å²) in [6.45, 7) is 0.902. The average molecular weight is 290 g/mol. The molecule has 1 N–H and O–H groups in total. The molecule has 1 aliphatic heterocycles. The second kappa shape index (κ2) is 4.04. The van der Waals surface area contributed by atoms with Crippen molar-refractivity contribution in [3.8, 4) is 11.3 Å². The van der Waals surface area contributed by atoms with Gasteiger partial charge in [-0.1, -0.05) is 18.2 Å². The van der Waals surface area contributed by atoms with Gasteiger partial charge in [0.15, 0.2) is 0 Å². The smallest absolute Gasteiger partial charge is 0.106 e. The standard InChI is InChI=1S/C13H12BrN3/c1-17-8-11(14)13(16-17)10-4-5-12-9(7-10)3-2-6-15-12/h2-5,7-8,15H,6H2,1H3. The third kappa shape index (κ3) is 1.89. The number of aromatic nitrogens is 2. The van der Waals surface area contributed by atoms with Crippen LogP contribution in [0.1, 0.15) is 5.56 Å². The van der Waals surface area contributed by atoms with Crippen molar-refractivity contribution in [2.24, 2.45) is 7.05 Å². The molecule has 3 nitrogen and oxygen atoms in total. The second-order valence-electron chi connectivity index (χ2n) is 4.08. The van der Waals surface area contributed by atoms with Crippen molar-refractivity contribution in [3.63, 3.8) is 0 Å². The monoisotopic (exact) mass is 289 g/mol. The van der Waals surface area contributed by atoms with Gasteiger partial charge in [-0.25, -0.2) is 0 Å². The van der Waals surface area contributed by atoms with Gasteiger partial charge >= 0.3 is 0 Å². The Morgan fingerprint density at radius 2 is 2.29 bits per heavy atom. The molecule has 0 amide bonds. The molecule has 0 spiro atoms. The lowest BCUT2D eigenvalue weighted by atomic mass is 10.0. The summed E-state index contributed by atoms with van der Waals surface area (Å²) in [5.74, 6) is 0. The molecule has 86 valence electrons. The number of anilines is 1. The molecule has 0 atom stereocenters. The van der Waals surface area contributed by atoms with Crippen molar-refractivity contribution in [2.45, 2.75) is 0 Å². The lowest BCUT2D eigenvalue weighted by molar-refractivity contribution is 0.770. The maximum absolute atomic E-state index is 4.45. The van der Waals surface area contributed by atoms with Crippen LogP contribution >= 0.6 is 15.9 Å². The maximum Gasteiger partial charge on any atom is 0.106 e. The van der Waals surface area contributed by atoms with Crippen molar-refractivity contribution < 1.29 is 0 Å². The van der Waals surface area contributed by atoms with Gasteiger partial charge in [0.1, 0.15) is 5.69 Å². The summed E-state index contributed by atoms with van der Waals surface area (Å²) < 4.78 is 2.83. The van der Waals surface area contributed by atoms with Gasteiger partial charge in [0.2, 0.25) is 0 Å². The molecule has 0 saturated heterocycles. The molecule has 0 unspecified atom stereocenters. The molecule has 2 aromatic rings. The Morgan fingerprint density at radius 1 is 1.41 bits per heavy atom. The van der Waals surface area contributed by atoms with E-state index in [-0.39, 0.29) is 0 Å². The fourth-order valence-electron chi connectivity index (χ4n) is 2.02. The number of halogens is 1. The van der Waals surface area contributed by atoms with Gasteiger partial charge in [-0.15, -0.1) is 0 Å². The molecule has 2 heterocycles. The summed E-state index contributed by atoms with van der Waals surface area (Å²) in [6, 6.07) is 6.36. The van der Waals surface area contributed by atoms with E-state index in [1.807, 2.05) is 17.9 Å². The molecule has 0 radical (unpaired) electrons. The molecular formula is C13H12BrN3. The van der Waals surface area contributed by atoms with E-state index in [9.17, 15) is 0 Å². The SMILES string of the molecule is Cn1cc(Br)c(-c2ccc3c(c2)C=CCN3)n1. The molecule has 1 aliphatic rings. The van der Waals surface area contributed by atoms with Gasteiger partial charge < -0.3 is 5.32 Å². The molecule has 0 fully saturated rings. The van der Waals surface area contributed by atoms with Crippen molar-refractivity contribution >= 4 is 27.7 Å². The fourth-order valence-corrected chi connectivity index (χ4v) is 2.62. The first kappa shape index (κ1) is 10.6. The number of hydrogen-bond donors (Lipinski definition) is 1. The zero-order chi connectivity index (χ0) is 11.8. The molecule has 3 rings (SSSR count). The van der Waals surface area contributed by atoms with Crippen LogP contribution in [0.25, 0.3) is 17.3 Å². The van der Waals surface area contributed by atoms with Gasteiger partial charge in [0, 0.05) is 31.0 Å². The number of aryl methyl sites for hydroxylation is 1. The normalized spacial score (nSPS) is 13.3. The van der Waals surface area contributed by atoms with Gasteiger partial charge in [0.25, 0.3) is 0 Å². The Bertz CT molecular complexity index is 599. The van der Waals surface area contributed by atoms with Gasteiger partial charge in [-0.2, -0.15) is 5.10 Å². The highest BCUT2D eigenvalue weighted by Crippen LogP contribution is 2.30. The van der Waals surface area contributed by atoms with E-state index in [4.69, 9.17) is 0 Å². The van der Waals surface area contributed by atoms with Crippen LogP contribution in [0, 0.1) is 0 Å². The van der Waals surface area contributed by atoms with E-state index in [0.717, 1.165) is 22.3 Å². The van der Waals surface area contributed by atoms with E-state index in [1.54, 1.807) is 0 Å². The van der Waals surface area contributed by atoms with E-state index < -0.39 is 0 Å². The van der Waals surface area contributed by atoms with Crippen LogP contribution in [-0.4, -0.2) is 16.3 Å². The minimum atomic E-state index is 0.902. The lowest BCUT2D eigenvalue weighted by Gasteiger charge is -2.13. The predicted molar refractivity (Wildman–Crippen MR) is 73.9 cm³/mol. The number of nitrogens with zero attached hydrogens (tertiary/aromatic N) is 2. The summed E-state index contributed by atoms with van der Waals surface area (Å²) in [5, 5.41) is 7.79. The van der Waals surface area contributed by atoms with Crippen LogP contribution in [0.2, 0.25) is 0 Å². The Kier molecular flexibility index (Phi) is 2.52. The third-order valence-electron chi connectivity index (χ3n) is 2.82. The molecule has 1 aromatic carbocycles. The van der Waals surface area contributed by atoms with E-state index in [0.29, 0.717) is 0 Å². The molecule has 0 saturated carbocycles. The number of benzene rings is 1. The van der Waals surface area contributed by atoms with Crippen LogP contribution in [0.15, 0.2) is 34.9 Å². The fraction of sp³-hybridized carbons (Fsp3) is 0.154. The highest BCUT2D eigenvalue weighted by molar-refractivity contribution is 9.10. The number of fused-ring (bicyclic) bond motifs is 1. The van der Waals surface area contributed by atoms with E-state index in [2.05, 4.69) is 56.7 Å². The second-order valence-corrected chi connectivity index (χ2v) is 4.94. The van der Waals surface area contributed by atoms with Gasteiger partial charge in [-0.05, 0) is 33.6 Å². The molecule has 0 aliphatic carbocycles. The van der Waals surface area contributed by atoms with Crippen LogP contribution in [0.5, 0.6) is 0 Å². The van der Waals surface area contributed by atoms with Crippen LogP contribution in [0.4, 0.5) is 5.69 Å². The average Bonchev–Trinajstić information content (AvgIpc) is 2.68. The van der Waals surface area contributed by atoms with Crippen molar-refractivity contribution in [3.05, 3.63) is 40.5 Å². The van der Waals surface area contributed by atoms with Crippen molar-refractivity contribution in [1.29, 1.82) is 0 Å². The zero-order valence-electron chi connectivity index (χ0n) is 9.44. The van der Waals surface area contributed by atoms with Crippen LogP contribution in [0.3, 0.4) is 0 Å². The number of rotatable bonds is 1. The third-order valence-corrected chi connectivity index (χ3v) is 3.40. The Morgan fingerprint density at radius 3 is 3.06 bits per heavy atom. The first-order valence-electron chi connectivity index (χ1n) is 5.48. The highest BCUT2D eigenvalue weighted by atomic mass is 79.9. The van der Waals surface area contributed by atoms with Gasteiger partial charge in [0.05, 0.1) is 4.47 Å². The van der Waals surface area contributed by atoms with Crippen molar-refractivity contribution in [2.75, 3.05) is 11.9 Å². The topological polar surface area (TPSA) is 29.9 Å². The first-order chi connectivity index (χ1) is 8.24. The molecule has 1 aromatic heterocycles. The summed E-state index contributed by atoms with van der Waals surface area (Å²) in [4.78, 5) is 0. The maximum atomic E-state index is 4.45. The Hall–Kier alpha value is -1.55. The van der Waals surface area contributed by atoms with Crippen LogP contribution < -0.4 is 5.32 Å². The predicted octanol–water partition coefficient (Wildman–Crippen LogP) is 3.29. The van der Waals surface area contributed by atoms with Crippen LogP contribution in [-0.2, 0) is 7.05 Å². The quantitative estimate of drug-likeness (QED) is 0.873. The molecular weight excluding hydrogens is 278 g/mol. The highest BCUT2D eigenvalue weighted by Gasteiger charge is 2.10. The van der Waals surface area contributed by atoms with Gasteiger partial charge in [-0.3, -0.25) is 4.68 Å². The zero-order valence-corrected chi connectivity index (χ0v) is 11.0. The largest absolute Gasteiger partial charge is 0.381 e. The molecule has 17 heavy (non-hydrogen) atoms. The molecule has 4 heteroatoms. The Balaban J connectivity index is 2.11. The van der Waals surface area contributed by atoms with Crippen molar-refractivity contribution in [1.82, 2.24) is 9.78 Å². The minimum Gasteiger partial charge on any atom is -0.381 e. The number of hydrogen-bond acceptors (Lipinski definition) is 2. The summed E-state index contributed by atoms with van der Waals surface area (Å²) in [7, 11) is 1.92. The molecule has 0 bridgehead atoms. The summed E-state index contributed by atoms with van der Waals surface area (Å²) in [6.07, 6.45) is 6.23. The first-order valence-corrected chi connectivity index (χ1v) is 6.27. The summed E-state index contributed by atoms with van der Waals surface area (Å²) in [5.41, 5.74) is 4.51. The van der Waals surface area contributed by atoms with E-state index in [1.165, 1.54) is 11.3 Å². The van der Waals surface area contributed by atoms with E-state index >= 15 is 0 Å². The number of nitrogens with one attached hydrogen (secondary N) is 1. The Labute approximate surface area is 108 Å². The summed E-state index contributed by atoms with van der Waals surface area (Å²) >= 11 is 3.53.